The summed E-state index contributed by atoms with van der Waals surface area (Å²) in [6.45, 7) is 5.09. The number of aromatic nitrogens is 2. The van der Waals surface area contributed by atoms with Gasteiger partial charge in [-0.05, 0) is 39.1 Å². The molecule has 6 nitrogen and oxygen atoms in total. The summed E-state index contributed by atoms with van der Waals surface area (Å²) in [5.41, 5.74) is 2.15. The molecular weight excluding hydrogens is 352 g/mol. The lowest BCUT2D eigenvalue weighted by Gasteiger charge is -2.40. The maximum Gasteiger partial charge on any atom is 0.244 e. The molecule has 1 aliphatic rings. The summed E-state index contributed by atoms with van der Waals surface area (Å²) in [5.74, 6) is -0.108. The molecule has 7 heteroatoms. The number of benzene rings is 1. The predicted octanol–water partition coefficient (Wildman–Crippen LogP) is 3.42. The number of carbonyl (C=O) groups excluding carboxylic acids is 1. The molecule has 1 amide bonds. The Morgan fingerprint density at radius 1 is 1.42 bits per heavy atom. The van der Waals surface area contributed by atoms with Gasteiger partial charge in [-0.15, -0.1) is 0 Å². The van der Waals surface area contributed by atoms with Crippen LogP contribution < -0.4 is 5.32 Å². The number of ether oxygens (including phenoxy) is 1. The molecule has 4 rings (SSSR count). The Kier molecular flexibility index (Phi) is 4.14. The van der Waals surface area contributed by atoms with Gasteiger partial charge < -0.3 is 15.0 Å². The quantitative estimate of drug-likeness (QED) is 0.723. The minimum atomic E-state index is -0.344. The molecule has 3 heterocycles. The lowest BCUT2D eigenvalue weighted by atomic mass is 10.0. The Hall–Kier alpha value is -2.15. The van der Waals surface area contributed by atoms with Gasteiger partial charge in [0.1, 0.15) is 6.04 Å². The van der Waals surface area contributed by atoms with Crippen molar-refractivity contribution in [2.75, 3.05) is 25.5 Å². The van der Waals surface area contributed by atoms with E-state index in [9.17, 15) is 4.79 Å². The summed E-state index contributed by atoms with van der Waals surface area (Å²) in [7, 11) is 1.94. The third-order valence-corrected chi connectivity index (χ3v) is 5.05. The molecule has 0 aliphatic carbocycles. The number of pyridine rings is 1. The van der Waals surface area contributed by atoms with Crippen LogP contribution in [0, 0.1) is 0 Å². The number of nitrogens with zero attached hydrogens (tertiary/aromatic N) is 2. The summed E-state index contributed by atoms with van der Waals surface area (Å²) in [5, 5.41) is 5.57. The van der Waals surface area contributed by atoms with Gasteiger partial charge in [0, 0.05) is 28.5 Å². The maximum absolute atomic E-state index is 12.9. The minimum absolute atomic E-state index is 0.108. The van der Waals surface area contributed by atoms with Crippen molar-refractivity contribution in [3.63, 3.8) is 0 Å². The number of hydrogen-bond acceptors (Lipinski definition) is 4. The van der Waals surface area contributed by atoms with Crippen LogP contribution in [0.4, 0.5) is 5.69 Å². The summed E-state index contributed by atoms with van der Waals surface area (Å²) < 4.78 is 5.82. The molecule has 3 aromatic rings. The summed E-state index contributed by atoms with van der Waals surface area (Å²) in [6.07, 6.45) is 3.50. The number of likely N-dealkylation sites (N-methyl/N-ethyl adjacent to an activating group) is 1. The van der Waals surface area contributed by atoms with Crippen molar-refractivity contribution >= 4 is 45.0 Å². The first-order chi connectivity index (χ1) is 12.3. The highest BCUT2D eigenvalue weighted by Gasteiger charge is 2.35. The van der Waals surface area contributed by atoms with Gasteiger partial charge in [0.15, 0.2) is 0 Å². The Morgan fingerprint density at radius 3 is 3.00 bits per heavy atom. The second-order valence-electron chi connectivity index (χ2n) is 7.41. The first kappa shape index (κ1) is 17.3. The second kappa shape index (κ2) is 6.23. The van der Waals surface area contributed by atoms with Crippen molar-refractivity contribution in [3.8, 4) is 0 Å². The van der Waals surface area contributed by atoms with E-state index in [-0.39, 0.29) is 17.6 Å². The van der Waals surface area contributed by atoms with Gasteiger partial charge in [0.2, 0.25) is 5.91 Å². The maximum atomic E-state index is 12.9. The second-order valence-corrected chi connectivity index (χ2v) is 7.85. The van der Waals surface area contributed by atoms with Gasteiger partial charge in [0.25, 0.3) is 0 Å². The highest BCUT2D eigenvalue weighted by Crippen LogP contribution is 2.33. The lowest BCUT2D eigenvalue weighted by molar-refractivity contribution is -0.139. The first-order valence-electron chi connectivity index (χ1n) is 8.54. The van der Waals surface area contributed by atoms with Crippen molar-refractivity contribution in [2.45, 2.75) is 25.5 Å². The number of carbonyl (C=O) groups is 1. The molecule has 0 saturated carbocycles. The van der Waals surface area contributed by atoms with Crippen molar-refractivity contribution in [2.24, 2.45) is 0 Å². The Labute approximate surface area is 156 Å². The van der Waals surface area contributed by atoms with E-state index in [0.29, 0.717) is 23.9 Å². The fraction of sp³-hybridized carbons (Fsp3) is 0.368. The molecule has 1 aliphatic heterocycles. The van der Waals surface area contributed by atoms with Crippen LogP contribution >= 0.6 is 11.6 Å². The van der Waals surface area contributed by atoms with E-state index in [4.69, 9.17) is 16.3 Å². The first-order valence-corrected chi connectivity index (χ1v) is 8.92. The van der Waals surface area contributed by atoms with E-state index < -0.39 is 0 Å². The van der Waals surface area contributed by atoms with Gasteiger partial charge in [-0.25, -0.2) is 0 Å². The van der Waals surface area contributed by atoms with Crippen LogP contribution in [-0.2, 0) is 9.53 Å². The molecule has 2 N–H and O–H groups in total. The van der Waals surface area contributed by atoms with E-state index in [1.807, 2.05) is 37.9 Å². The Morgan fingerprint density at radius 2 is 2.23 bits per heavy atom. The SMILES string of the molecule is CN1CC(C)(C)OCC1C(=O)Nc1cc(Cl)cc2c1[nH]c1cnccc12. The molecule has 1 aromatic carbocycles. The molecule has 26 heavy (non-hydrogen) atoms. The van der Waals surface area contributed by atoms with E-state index in [0.717, 1.165) is 21.8 Å². The average molecular weight is 373 g/mol. The van der Waals surface area contributed by atoms with Crippen LogP contribution in [-0.4, -0.2) is 52.6 Å². The molecule has 1 atom stereocenters. The summed E-state index contributed by atoms with van der Waals surface area (Å²) in [4.78, 5) is 22.3. The number of morpholine rings is 1. The molecule has 0 radical (unpaired) electrons. The van der Waals surface area contributed by atoms with Gasteiger partial charge in [0.05, 0.1) is 35.1 Å². The zero-order valence-corrected chi connectivity index (χ0v) is 15.7. The summed E-state index contributed by atoms with van der Waals surface area (Å²) >= 11 is 6.30. The van der Waals surface area contributed by atoms with Crippen LogP contribution in [0.15, 0.2) is 30.6 Å². The normalized spacial score (nSPS) is 20.5. The fourth-order valence-corrected chi connectivity index (χ4v) is 3.81. The Balaban J connectivity index is 1.68. The van der Waals surface area contributed by atoms with Gasteiger partial charge in [-0.1, -0.05) is 11.6 Å². The van der Waals surface area contributed by atoms with Gasteiger partial charge in [-0.2, -0.15) is 0 Å². The van der Waals surface area contributed by atoms with E-state index in [1.165, 1.54) is 0 Å². The third kappa shape index (κ3) is 3.05. The number of rotatable bonds is 2. The molecular formula is C19H21ClN4O2. The van der Waals surface area contributed by atoms with Crippen LogP contribution in [0.25, 0.3) is 21.8 Å². The number of fused-ring (bicyclic) bond motifs is 3. The van der Waals surface area contributed by atoms with Crippen LogP contribution in [0.3, 0.4) is 0 Å². The molecule has 1 unspecified atom stereocenters. The van der Waals surface area contributed by atoms with Gasteiger partial charge >= 0.3 is 0 Å². The van der Waals surface area contributed by atoms with Crippen LogP contribution in [0.1, 0.15) is 13.8 Å². The van der Waals surface area contributed by atoms with Gasteiger partial charge in [-0.3, -0.25) is 14.7 Å². The molecule has 1 fully saturated rings. The van der Waals surface area contributed by atoms with Crippen molar-refractivity contribution < 1.29 is 9.53 Å². The third-order valence-electron chi connectivity index (χ3n) is 4.83. The number of amides is 1. The summed E-state index contributed by atoms with van der Waals surface area (Å²) in [6, 6.07) is 5.24. The molecule has 2 aromatic heterocycles. The standard InChI is InChI=1S/C19H21ClN4O2/c1-19(2)10-24(3)16(9-26-19)18(25)23-14-7-11(20)6-13-12-4-5-21-8-15(12)22-17(13)14/h4-8,16,22H,9-10H2,1-3H3,(H,23,25). The zero-order chi connectivity index (χ0) is 18.5. The number of nitrogens with one attached hydrogen (secondary N) is 2. The number of aromatic amines is 1. The monoisotopic (exact) mass is 372 g/mol. The smallest absolute Gasteiger partial charge is 0.244 e. The number of hydrogen-bond donors (Lipinski definition) is 2. The topological polar surface area (TPSA) is 70.2 Å². The predicted molar refractivity (Wildman–Crippen MR) is 104 cm³/mol. The highest BCUT2D eigenvalue weighted by atomic mass is 35.5. The zero-order valence-electron chi connectivity index (χ0n) is 15.0. The fourth-order valence-electron chi connectivity index (χ4n) is 3.60. The average Bonchev–Trinajstić information content (AvgIpc) is 2.93. The highest BCUT2D eigenvalue weighted by molar-refractivity contribution is 6.32. The minimum Gasteiger partial charge on any atom is -0.372 e. The number of halogens is 1. The number of H-pyrrole nitrogens is 1. The largest absolute Gasteiger partial charge is 0.372 e. The van der Waals surface area contributed by atoms with Crippen LogP contribution in [0.2, 0.25) is 5.02 Å². The Bertz CT molecular complexity index is 998. The van der Waals surface area contributed by atoms with E-state index in [2.05, 4.69) is 15.3 Å². The van der Waals surface area contributed by atoms with Crippen molar-refractivity contribution in [3.05, 3.63) is 35.6 Å². The number of anilines is 1. The molecule has 0 spiro atoms. The lowest BCUT2D eigenvalue weighted by Crippen LogP contribution is -2.56. The van der Waals surface area contributed by atoms with E-state index >= 15 is 0 Å². The molecule has 0 bridgehead atoms. The van der Waals surface area contributed by atoms with E-state index in [1.54, 1.807) is 18.5 Å². The van der Waals surface area contributed by atoms with Crippen molar-refractivity contribution in [1.29, 1.82) is 0 Å². The molecule has 1 saturated heterocycles. The van der Waals surface area contributed by atoms with Crippen molar-refractivity contribution in [1.82, 2.24) is 14.9 Å². The molecule has 136 valence electrons. The van der Waals surface area contributed by atoms with Crippen LogP contribution in [0.5, 0.6) is 0 Å².